The molecule has 0 radical (unpaired) electrons. The fraction of sp³-hybridized carbons (Fsp3) is 0.211. The second-order valence-electron chi connectivity index (χ2n) is 6.24. The molecule has 24 heavy (non-hydrogen) atoms. The second kappa shape index (κ2) is 4.77. The molecule has 1 aromatic heterocycles. The van der Waals surface area contributed by atoms with Crippen LogP contribution in [0.4, 0.5) is 5.69 Å². The summed E-state index contributed by atoms with van der Waals surface area (Å²) in [4.78, 5) is 18.4. The van der Waals surface area contributed by atoms with E-state index in [0.29, 0.717) is 17.9 Å². The molecule has 2 aliphatic heterocycles. The number of amides is 1. The minimum absolute atomic E-state index is 0.0236. The van der Waals surface area contributed by atoms with Crippen LogP contribution in [0.15, 0.2) is 42.5 Å². The van der Waals surface area contributed by atoms with Crippen molar-refractivity contribution < 1.29 is 9.53 Å². The van der Waals surface area contributed by atoms with Gasteiger partial charge in [-0.05, 0) is 30.2 Å². The average molecular weight is 319 g/mol. The molecular weight excluding hydrogens is 302 g/mol. The Labute approximate surface area is 139 Å². The van der Waals surface area contributed by atoms with Gasteiger partial charge < -0.3 is 19.9 Å². The van der Waals surface area contributed by atoms with Gasteiger partial charge >= 0.3 is 0 Å². The van der Waals surface area contributed by atoms with Crippen LogP contribution in [0.3, 0.4) is 0 Å². The molecule has 0 aliphatic carbocycles. The van der Waals surface area contributed by atoms with Crippen molar-refractivity contribution in [1.82, 2.24) is 9.88 Å². The maximum Gasteiger partial charge on any atom is 0.261 e. The Bertz CT molecular complexity index is 976. The molecular formula is C19H17N3O2. The number of aromatic nitrogens is 1. The van der Waals surface area contributed by atoms with Crippen molar-refractivity contribution in [3.8, 4) is 5.75 Å². The fourth-order valence-electron chi connectivity index (χ4n) is 3.94. The van der Waals surface area contributed by atoms with Gasteiger partial charge in [0.05, 0.1) is 18.5 Å². The number of ether oxygens (including phenoxy) is 1. The van der Waals surface area contributed by atoms with Gasteiger partial charge in [-0.1, -0.05) is 24.3 Å². The summed E-state index contributed by atoms with van der Waals surface area (Å²) >= 11 is 0. The minimum Gasteiger partial charge on any atom is -0.496 e. The van der Waals surface area contributed by atoms with Crippen molar-refractivity contribution in [2.75, 3.05) is 19.0 Å². The van der Waals surface area contributed by atoms with Crippen molar-refractivity contribution in [1.29, 1.82) is 0 Å². The summed E-state index contributed by atoms with van der Waals surface area (Å²) in [5, 5.41) is 4.76. The summed E-state index contributed by atoms with van der Waals surface area (Å²) in [6.45, 7) is 0.697. The first-order valence-corrected chi connectivity index (χ1v) is 8.12. The second-order valence-corrected chi connectivity index (χ2v) is 6.24. The molecule has 0 spiro atoms. The van der Waals surface area contributed by atoms with Gasteiger partial charge in [0.25, 0.3) is 5.91 Å². The number of para-hydroxylation sites is 1. The number of aromatic amines is 1. The predicted octanol–water partition coefficient (Wildman–Crippen LogP) is 3.30. The van der Waals surface area contributed by atoms with Crippen LogP contribution in [0.2, 0.25) is 0 Å². The van der Waals surface area contributed by atoms with Crippen molar-refractivity contribution in [3.05, 3.63) is 59.3 Å². The van der Waals surface area contributed by atoms with E-state index in [1.54, 1.807) is 7.11 Å². The molecule has 0 saturated carbocycles. The van der Waals surface area contributed by atoms with Crippen molar-refractivity contribution in [2.45, 2.75) is 12.6 Å². The highest BCUT2D eigenvalue weighted by Crippen LogP contribution is 2.41. The molecule has 0 saturated heterocycles. The Kier molecular flexibility index (Phi) is 2.68. The largest absolute Gasteiger partial charge is 0.496 e. The Balaban J connectivity index is 1.68. The normalized spacial score (nSPS) is 18.6. The summed E-state index contributed by atoms with van der Waals surface area (Å²) in [5.41, 5.74) is 4.96. The SMILES string of the molecule is COc1cccc2c1C(=O)N1CCc3c([nH]c4ccccc34)C1N2. The van der Waals surface area contributed by atoms with Gasteiger partial charge in [0.1, 0.15) is 17.5 Å². The Hall–Kier alpha value is -2.95. The number of hydrogen-bond acceptors (Lipinski definition) is 3. The molecule has 2 aliphatic rings. The number of rotatable bonds is 1. The zero-order valence-electron chi connectivity index (χ0n) is 13.3. The summed E-state index contributed by atoms with van der Waals surface area (Å²) in [5.74, 6) is 0.640. The number of benzene rings is 2. The number of nitrogens with one attached hydrogen (secondary N) is 2. The quantitative estimate of drug-likeness (QED) is 0.723. The summed E-state index contributed by atoms with van der Waals surface area (Å²) in [6.07, 6.45) is 0.696. The monoisotopic (exact) mass is 319 g/mol. The van der Waals surface area contributed by atoms with Gasteiger partial charge in [0.15, 0.2) is 0 Å². The molecule has 1 amide bonds. The average Bonchev–Trinajstić information content (AvgIpc) is 3.00. The summed E-state index contributed by atoms with van der Waals surface area (Å²) < 4.78 is 5.38. The van der Waals surface area contributed by atoms with Crippen molar-refractivity contribution in [3.63, 3.8) is 0 Å². The smallest absolute Gasteiger partial charge is 0.261 e. The van der Waals surface area contributed by atoms with Gasteiger partial charge in [-0.15, -0.1) is 0 Å². The van der Waals surface area contributed by atoms with Crippen LogP contribution in [0, 0.1) is 0 Å². The van der Waals surface area contributed by atoms with E-state index in [2.05, 4.69) is 28.5 Å². The van der Waals surface area contributed by atoms with E-state index in [1.165, 1.54) is 10.9 Å². The predicted molar refractivity (Wildman–Crippen MR) is 92.4 cm³/mol. The Morgan fingerprint density at radius 1 is 1.17 bits per heavy atom. The lowest BCUT2D eigenvalue weighted by Crippen LogP contribution is -2.46. The maximum absolute atomic E-state index is 13.0. The van der Waals surface area contributed by atoms with Crippen LogP contribution >= 0.6 is 0 Å². The van der Waals surface area contributed by atoms with E-state index in [-0.39, 0.29) is 12.1 Å². The number of carbonyl (C=O) groups is 1. The van der Waals surface area contributed by atoms with Gasteiger partial charge in [-0.25, -0.2) is 0 Å². The summed E-state index contributed by atoms with van der Waals surface area (Å²) in [7, 11) is 1.60. The standard InChI is InChI=1S/C19H17N3O2/c1-24-15-8-4-7-14-16(15)19(23)22-10-9-12-11-5-2-3-6-13(11)20-17(12)18(22)21-14/h2-8,18,20-21H,9-10H2,1H3. The van der Waals surface area contributed by atoms with Crippen LogP contribution < -0.4 is 10.1 Å². The fourth-order valence-corrected chi connectivity index (χ4v) is 3.94. The van der Waals surface area contributed by atoms with Gasteiger partial charge in [0.2, 0.25) is 0 Å². The molecule has 3 aromatic rings. The van der Waals surface area contributed by atoms with Crippen molar-refractivity contribution in [2.24, 2.45) is 0 Å². The first kappa shape index (κ1) is 13.5. The number of nitrogens with zero attached hydrogens (tertiary/aromatic N) is 1. The first-order valence-electron chi connectivity index (χ1n) is 8.12. The molecule has 3 heterocycles. The first-order chi connectivity index (χ1) is 11.8. The van der Waals surface area contributed by atoms with E-state index in [4.69, 9.17) is 4.74 Å². The Morgan fingerprint density at radius 2 is 2.04 bits per heavy atom. The minimum atomic E-state index is -0.159. The highest BCUT2D eigenvalue weighted by Gasteiger charge is 2.39. The Morgan fingerprint density at radius 3 is 2.92 bits per heavy atom. The van der Waals surface area contributed by atoms with Gasteiger partial charge in [-0.2, -0.15) is 0 Å². The zero-order valence-corrected chi connectivity index (χ0v) is 13.3. The number of fused-ring (bicyclic) bond motifs is 6. The van der Waals surface area contributed by atoms with E-state index in [0.717, 1.165) is 23.3 Å². The van der Waals surface area contributed by atoms with Gasteiger partial charge in [0, 0.05) is 17.4 Å². The molecule has 2 N–H and O–H groups in total. The number of H-pyrrole nitrogens is 1. The highest BCUT2D eigenvalue weighted by atomic mass is 16.5. The van der Waals surface area contributed by atoms with Crippen LogP contribution in [0.5, 0.6) is 5.75 Å². The molecule has 1 atom stereocenters. The van der Waals surface area contributed by atoms with Crippen LogP contribution in [0.1, 0.15) is 27.8 Å². The molecule has 5 heteroatoms. The third-order valence-corrected chi connectivity index (χ3v) is 5.05. The number of hydrogen-bond donors (Lipinski definition) is 2. The van der Waals surface area contributed by atoms with Crippen LogP contribution in [0.25, 0.3) is 10.9 Å². The van der Waals surface area contributed by atoms with Crippen LogP contribution in [-0.4, -0.2) is 29.4 Å². The lowest BCUT2D eigenvalue weighted by Gasteiger charge is -2.41. The highest BCUT2D eigenvalue weighted by molar-refractivity contribution is 6.04. The van der Waals surface area contributed by atoms with Gasteiger partial charge in [-0.3, -0.25) is 4.79 Å². The zero-order chi connectivity index (χ0) is 16.3. The number of methoxy groups -OCH3 is 1. The van der Waals surface area contributed by atoms with E-state index in [9.17, 15) is 4.79 Å². The molecule has 5 nitrogen and oxygen atoms in total. The molecule has 1 unspecified atom stereocenters. The van der Waals surface area contributed by atoms with Crippen molar-refractivity contribution >= 4 is 22.5 Å². The number of carbonyl (C=O) groups excluding carboxylic acids is 1. The third-order valence-electron chi connectivity index (χ3n) is 5.05. The molecule has 0 fully saturated rings. The van der Waals surface area contributed by atoms with E-state index >= 15 is 0 Å². The third kappa shape index (κ3) is 1.67. The molecule has 0 bridgehead atoms. The lowest BCUT2D eigenvalue weighted by atomic mass is 9.97. The maximum atomic E-state index is 13.0. The topological polar surface area (TPSA) is 57.4 Å². The lowest BCUT2D eigenvalue weighted by molar-refractivity contribution is 0.0663. The number of anilines is 1. The molecule has 120 valence electrons. The van der Waals surface area contributed by atoms with E-state index in [1.807, 2.05) is 29.2 Å². The van der Waals surface area contributed by atoms with Crippen LogP contribution in [-0.2, 0) is 6.42 Å². The van der Waals surface area contributed by atoms with E-state index < -0.39 is 0 Å². The molecule has 2 aromatic carbocycles. The molecule has 5 rings (SSSR count). The summed E-state index contributed by atoms with van der Waals surface area (Å²) in [6, 6.07) is 14.0.